The van der Waals surface area contributed by atoms with Crippen LogP contribution in [0.3, 0.4) is 0 Å². The number of aromatic nitrogens is 1. The van der Waals surface area contributed by atoms with E-state index >= 15 is 0 Å². The first-order valence-corrected chi connectivity index (χ1v) is 10.9. The lowest BCUT2D eigenvalue weighted by Gasteiger charge is -2.27. The molecule has 0 aliphatic carbocycles. The van der Waals surface area contributed by atoms with E-state index in [2.05, 4.69) is 4.98 Å². The number of fused-ring (bicyclic) bond motifs is 1. The molecule has 33 heavy (non-hydrogen) atoms. The Balaban J connectivity index is 1.78. The van der Waals surface area contributed by atoms with Crippen LogP contribution >= 0.6 is 0 Å². The first kappa shape index (κ1) is 22.7. The fourth-order valence-electron chi connectivity index (χ4n) is 3.78. The van der Waals surface area contributed by atoms with Crippen LogP contribution in [0.4, 0.5) is 0 Å². The Hall–Kier alpha value is -3.45. The topological polar surface area (TPSA) is 78.0 Å². The summed E-state index contributed by atoms with van der Waals surface area (Å²) in [6.07, 6.45) is 0. The number of ether oxygens (including phenoxy) is 3. The largest absolute Gasteiger partial charge is 0.481 e. The van der Waals surface area contributed by atoms with Crippen molar-refractivity contribution < 1.29 is 23.8 Å². The number of morpholine rings is 1. The molecule has 1 aromatic heterocycles. The number of pyridine rings is 1. The van der Waals surface area contributed by atoms with Gasteiger partial charge in [0.15, 0.2) is 0 Å². The number of amides is 1. The predicted octanol–water partition coefficient (Wildman–Crippen LogP) is 4.34. The summed E-state index contributed by atoms with van der Waals surface area (Å²) in [7, 11) is 1.56. The highest BCUT2D eigenvalue weighted by Crippen LogP contribution is 2.33. The van der Waals surface area contributed by atoms with E-state index in [1.54, 1.807) is 30.2 Å². The van der Waals surface area contributed by atoms with Crippen molar-refractivity contribution in [1.29, 1.82) is 0 Å². The second-order valence-corrected chi connectivity index (χ2v) is 8.93. The van der Waals surface area contributed by atoms with Gasteiger partial charge in [-0.05, 0) is 62.2 Å². The molecule has 7 heteroatoms. The third-order valence-corrected chi connectivity index (χ3v) is 5.35. The Kier molecular flexibility index (Phi) is 6.33. The van der Waals surface area contributed by atoms with E-state index in [1.165, 1.54) is 0 Å². The minimum Gasteiger partial charge on any atom is -0.481 e. The molecule has 1 amide bonds. The third-order valence-electron chi connectivity index (χ3n) is 5.35. The minimum absolute atomic E-state index is 0.0375. The van der Waals surface area contributed by atoms with Gasteiger partial charge in [0.25, 0.3) is 5.91 Å². The number of carbonyl (C=O) groups excluding carboxylic acids is 2. The van der Waals surface area contributed by atoms with E-state index in [0.29, 0.717) is 48.8 Å². The molecule has 4 rings (SSSR count). The van der Waals surface area contributed by atoms with Crippen LogP contribution in [0, 0.1) is 0 Å². The lowest BCUT2D eigenvalue weighted by Crippen LogP contribution is -2.40. The number of esters is 1. The molecule has 1 fully saturated rings. The Bertz CT molecular complexity index is 1190. The van der Waals surface area contributed by atoms with E-state index in [1.807, 2.05) is 51.1 Å². The number of hydrogen-bond donors (Lipinski definition) is 0. The first-order chi connectivity index (χ1) is 15.7. The highest BCUT2D eigenvalue weighted by Gasteiger charge is 2.21. The van der Waals surface area contributed by atoms with Crippen LogP contribution in [-0.4, -0.2) is 60.8 Å². The molecule has 0 atom stereocenters. The molecule has 2 heterocycles. The van der Waals surface area contributed by atoms with E-state index in [4.69, 9.17) is 14.2 Å². The molecule has 1 aliphatic rings. The second-order valence-electron chi connectivity index (χ2n) is 8.93. The van der Waals surface area contributed by atoms with Crippen molar-refractivity contribution in [1.82, 2.24) is 9.88 Å². The molecule has 3 aromatic rings. The van der Waals surface area contributed by atoms with Crippen molar-refractivity contribution >= 4 is 22.8 Å². The Morgan fingerprint density at radius 2 is 1.76 bits per heavy atom. The summed E-state index contributed by atoms with van der Waals surface area (Å²) in [6, 6.07) is 14.5. The van der Waals surface area contributed by atoms with Crippen molar-refractivity contribution in [3.63, 3.8) is 0 Å². The van der Waals surface area contributed by atoms with Gasteiger partial charge in [-0.25, -0.2) is 9.78 Å². The lowest BCUT2D eigenvalue weighted by molar-refractivity contribution is 0.00694. The van der Waals surface area contributed by atoms with Gasteiger partial charge in [0.1, 0.15) is 5.60 Å². The highest BCUT2D eigenvalue weighted by molar-refractivity contribution is 6.03. The van der Waals surface area contributed by atoms with Crippen LogP contribution in [0.1, 0.15) is 41.5 Å². The third kappa shape index (κ3) is 5.14. The molecule has 0 bridgehead atoms. The molecule has 0 spiro atoms. The van der Waals surface area contributed by atoms with Crippen LogP contribution in [-0.2, 0) is 9.47 Å². The monoisotopic (exact) mass is 448 g/mol. The number of nitrogens with zero attached hydrogens (tertiary/aromatic N) is 2. The summed E-state index contributed by atoms with van der Waals surface area (Å²) < 4.78 is 16.3. The Morgan fingerprint density at radius 3 is 2.45 bits per heavy atom. The average molecular weight is 449 g/mol. The van der Waals surface area contributed by atoms with Crippen LogP contribution in [0.5, 0.6) is 5.88 Å². The zero-order valence-corrected chi connectivity index (χ0v) is 19.4. The number of rotatable bonds is 4. The highest BCUT2D eigenvalue weighted by atomic mass is 16.6. The van der Waals surface area contributed by atoms with Crippen LogP contribution in [0.2, 0.25) is 0 Å². The first-order valence-electron chi connectivity index (χ1n) is 10.9. The second kappa shape index (κ2) is 9.19. The van der Waals surface area contributed by atoms with Gasteiger partial charge in [-0.1, -0.05) is 12.1 Å². The smallest absolute Gasteiger partial charge is 0.338 e. The SMILES string of the molecule is COc1cc(-c2cccc(C(=O)OC(C)(C)C)c2)c2cc(C(=O)N3CCOCC3)ccc2n1. The maximum atomic E-state index is 13.1. The van der Waals surface area contributed by atoms with E-state index in [9.17, 15) is 9.59 Å². The van der Waals surface area contributed by atoms with Gasteiger partial charge in [-0.2, -0.15) is 0 Å². The molecule has 172 valence electrons. The number of hydrogen-bond acceptors (Lipinski definition) is 6. The molecule has 1 saturated heterocycles. The van der Waals surface area contributed by atoms with E-state index < -0.39 is 11.6 Å². The zero-order valence-electron chi connectivity index (χ0n) is 19.4. The van der Waals surface area contributed by atoms with Crippen molar-refractivity contribution in [2.24, 2.45) is 0 Å². The van der Waals surface area contributed by atoms with Crippen LogP contribution in [0.25, 0.3) is 22.0 Å². The summed E-state index contributed by atoms with van der Waals surface area (Å²) >= 11 is 0. The molecule has 0 unspecified atom stereocenters. The molecule has 0 radical (unpaired) electrons. The molecule has 0 saturated carbocycles. The number of carbonyl (C=O) groups is 2. The molecule has 1 aliphatic heterocycles. The maximum absolute atomic E-state index is 13.1. The summed E-state index contributed by atoms with van der Waals surface area (Å²) in [5, 5.41) is 0.802. The van der Waals surface area contributed by atoms with E-state index in [-0.39, 0.29) is 5.91 Å². The van der Waals surface area contributed by atoms with Gasteiger partial charge >= 0.3 is 5.97 Å². The summed E-state index contributed by atoms with van der Waals surface area (Å²) in [5.41, 5.74) is 2.77. The van der Waals surface area contributed by atoms with Crippen molar-refractivity contribution in [3.05, 3.63) is 59.7 Å². The lowest BCUT2D eigenvalue weighted by atomic mass is 9.97. The predicted molar refractivity (Wildman–Crippen MR) is 126 cm³/mol. The van der Waals surface area contributed by atoms with Crippen LogP contribution < -0.4 is 4.74 Å². The van der Waals surface area contributed by atoms with Crippen LogP contribution in [0.15, 0.2) is 48.5 Å². The van der Waals surface area contributed by atoms with Gasteiger partial charge in [-0.15, -0.1) is 0 Å². The summed E-state index contributed by atoms with van der Waals surface area (Å²) in [4.78, 5) is 32.0. The minimum atomic E-state index is -0.589. The van der Waals surface area contributed by atoms with Crippen molar-refractivity contribution in [2.75, 3.05) is 33.4 Å². The quantitative estimate of drug-likeness (QED) is 0.553. The zero-order chi connectivity index (χ0) is 23.6. The average Bonchev–Trinajstić information content (AvgIpc) is 2.82. The van der Waals surface area contributed by atoms with Gasteiger partial charge in [0, 0.05) is 30.1 Å². The van der Waals surface area contributed by atoms with Gasteiger partial charge in [0.05, 0.1) is 31.4 Å². The molecular weight excluding hydrogens is 420 g/mol. The fourth-order valence-corrected chi connectivity index (χ4v) is 3.78. The normalized spacial score (nSPS) is 14.2. The van der Waals surface area contributed by atoms with Crippen molar-refractivity contribution in [2.45, 2.75) is 26.4 Å². The van der Waals surface area contributed by atoms with Gasteiger partial charge in [0.2, 0.25) is 5.88 Å². The maximum Gasteiger partial charge on any atom is 0.338 e. The Morgan fingerprint density at radius 1 is 1.00 bits per heavy atom. The standard InChI is InChI=1S/C26H28N2O5/c1-26(2,3)33-25(30)19-7-5-6-17(14-19)20-16-23(31-4)27-22-9-8-18(15-21(20)22)24(29)28-10-12-32-13-11-28/h5-9,14-16H,10-13H2,1-4H3. The number of methoxy groups -OCH3 is 1. The Labute approximate surface area is 193 Å². The molecular formula is C26H28N2O5. The fraction of sp³-hybridized carbons (Fsp3) is 0.346. The van der Waals surface area contributed by atoms with Crippen molar-refractivity contribution in [3.8, 4) is 17.0 Å². The summed E-state index contributed by atoms with van der Waals surface area (Å²) in [5.74, 6) is 0.0229. The summed E-state index contributed by atoms with van der Waals surface area (Å²) in [6.45, 7) is 7.74. The molecule has 0 N–H and O–H groups in total. The van der Waals surface area contributed by atoms with Gasteiger partial charge < -0.3 is 19.1 Å². The van der Waals surface area contributed by atoms with E-state index in [0.717, 1.165) is 16.5 Å². The molecule has 2 aromatic carbocycles. The molecule has 7 nitrogen and oxygen atoms in total. The van der Waals surface area contributed by atoms with Gasteiger partial charge in [-0.3, -0.25) is 4.79 Å². The number of benzene rings is 2.